The molecule has 62 valence electrons. The molecule has 0 saturated heterocycles. The van der Waals surface area contributed by atoms with Gasteiger partial charge in [0.1, 0.15) is 0 Å². The molecule has 0 atom stereocenters. The zero-order valence-electron chi connectivity index (χ0n) is 6.81. The fraction of sp³-hybridized carbons (Fsp3) is 0.889. The molecule has 2 saturated carbocycles. The molecule has 2 aliphatic rings. The third kappa shape index (κ3) is 1.15. The molecule has 0 aliphatic heterocycles. The molecule has 11 heavy (non-hydrogen) atoms. The van der Waals surface area contributed by atoms with E-state index in [0.717, 1.165) is 0 Å². The van der Waals surface area contributed by atoms with Gasteiger partial charge in [0.05, 0.1) is 0 Å². The third-order valence-electron chi connectivity index (χ3n) is 3.35. The summed E-state index contributed by atoms with van der Waals surface area (Å²) in [6.07, 6.45) is 7.39. The molecule has 0 aromatic heterocycles. The Bertz CT molecular complexity index is 176. The van der Waals surface area contributed by atoms with Crippen molar-refractivity contribution in [2.24, 2.45) is 17.1 Å². The Kier molecular flexibility index (Phi) is 1.44. The van der Waals surface area contributed by atoms with Gasteiger partial charge in [0.25, 0.3) is 0 Å². The SMILES string of the molecule is NC(=O)CC1CC2(CCC2)C1. The summed E-state index contributed by atoms with van der Waals surface area (Å²) in [6, 6.07) is 0. The van der Waals surface area contributed by atoms with E-state index in [0.29, 0.717) is 17.8 Å². The lowest BCUT2D eigenvalue weighted by Crippen LogP contribution is -2.43. The first-order valence-electron chi connectivity index (χ1n) is 4.49. The highest BCUT2D eigenvalue weighted by atomic mass is 16.1. The molecule has 1 amide bonds. The summed E-state index contributed by atoms with van der Waals surface area (Å²) in [5.41, 5.74) is 5.81. The minimum absolute atomic E-state index is 0.121. The van der Waals surface area contributed by atoms with Crippen molar-refractivity contribution >= 4 is 5.91 Å². The minimum Gasteiger partial charge on any atom is -0.370 e. The van der Waals surface area contributed by atoms with Crippen molar-refractivity contribution in [3.8, 4) is 0 Å². The van der Waals surface area contributed by atoms with Gasteiger partial charge in [-0.05, 0) is 37.0 Å². The third-order valence-corrected chi connectivity index (χ3v) is 3.35. The van der Waals surface area contributed by atoms with Crippen LogP contribution in [0.3, 0.4) is 0 Å². The highest BCUT2D eigenvalue weighted by Crippen LogP contribution is 2.59. The maximum absolute atomic E-state index is 10.5. The number of primary amides is 1. The topological polar surface area (TPSA) is 43.1 Å². The lowest BCUT2D eigenvalue weighted by molar-refractivity contribution is -0.122. The Labute approximate surface area is 67.1 Å². The van der Waals surface area contributed by atoms with E-state index >= 15 is 0 Å². The molecule has 0 aromatic rings. The monoisotopic (exact) mass is 153 g/mol. The van der Waals surface area contributed by atoms with Crippen molar-refractivity contribution < 1.29 is 4.79 Å². The molecule has 0 heterocycles. The van der Waals surface area contributed by atoms with E-state index < -0.39 is 0 Å². The fourth-order valence-corrected chi connectivity index (χ4v) is 2.68. The molecule has 0 unspecified atom stereocenters. The van der Waals surface area contributed by atoms with Crippen LogP contribution in [0.5, 0.6) is 0 Å². The van der Waals surface area contributed by atoms with Crippen LogP contribution in [0.2, 0.25) is 0 Å². The zero-order chi connectivity index (χ0) is 7.90. The van der Waals surface area contributed by atoms with Gasteiger partial charge >= 0.3 is 0 Å². The minimum atomic E-state index is -0.121. The Morgan fingerprint density at radius 1 is 1.45 bits per heavy atom. The second-order valence-electron chi connectivity index (χ2n) is 4.30. The number of carbonyl (C=O) groups is 1. The highest BCUT2D eigenvalue weighted by molar-refractivity contribution is 5.74. The summed E-state index contributed by atoms with van der Waals surface area (Å²) in [5.74, 6) is 0.511. The molecular weight excluding hydrogens is 138 g/mol. The fourth-order valence-electron chi connectivity index (χ4n) is 2.68. The molecule has 2 aliphatic carbocycles. The van der Waals surface area contributed by atoms with Crippen LogP contribution in [-0.2, 0) is 4.79 Å². The van der Waals surface area contributed by atoms with Crippen LogP contribution in [0.15, 0.2) is 0 Å². The largest absolute Gasteiger partial charge is 0.370 e. The maximum atomic E-state index is 10.5. The summed E-state index contributed by atoms with van der Waals surface area (Å²) in [4.78, 5) is 10.5. The first kappa shape index (κ1) is 7.14. The van der Waals surface area contributed by atoms with Gasteiger partial charge in [-0.15, -0.1) is 0 Å². The molecule has 2 heteroatoms. The normalized spacial score (nSPS) is 27.6. The van der Waals surface area contributed by atoms with Gasteiger partial charge in [-0.2, -0.15) is 0 Å². The Balaban J connectivity index is 1.75. The van der Waals surface area contributed by atoms with Crippen LogP contribution in [0.25, 0.3) is 0 Å². The number of nitrogens with two attached hydrogens (primary N) is 1. The van der Waals surface area contributed by atoms with E-state index in [2.05, 4.69) is 0 Å². The molecular formula is C9H15NO. The first-order chi connectivity index (χ1) is 5.20. The van der Waals surface area contributed by atoms with Gasteiger partial charge in [-0.3, -0.25) is 4.79 Å². The van der Waals surface area contributed by atoms with Crippen LogP contribution < -0.4 is 5.73 Å². The zero-order valence-corrected chi connectivity index (χ0v) is 6.81. The van der Waals surface area contributed by atoms with E-state index in [-0.39, 0.29) is 5.91 Å². The quantitative estimate of drug-likeness (QED) is 0.641. The van der Waals surface area contributed by atoms with Gasteiger partial charge in [-0.25, -0.2) is 0 Å². The molecule has 0 bridgehead atoms. The number of hydrogen-bond acceptors (Lipinski definition) is 1. The van der Waals surface area contributed by atoms with Crippen molar-refractivity contribution in [1.29, 1.82) is 0 Å². The van der Waals surface area contributed by atoms with Crippen molar-refractivity contribution in [1.82, 2.24) is 0 Å². The van der Waals surface area contributed by atoms with Crippen LogP contribution in [-0.4, -0.2) is 5.91 Å². The summed E-state index contributed by atoms with van der Waals surface area (Å²) in [5, 5.41) is 0. The van der Waals surface area contributed by atoms with Crippen molar-refractivity contribution in [3.63, 3.8) is 0 Å². The lowest BCUT2D eigenvalue weighted by atomic mass is 9.51. The van der Waals surface area contributed by atoms with Gasteiger partial charge in [0, 0.05) is 6.42 Å². The van der Waals surface area contributed by atoms with Gasteiger partial charge in [-0.1, -0.05) is 6.42 Å². The predicted molar refractivity (Wildman–Crippen MR) is 42.8 cm³/mol. The van der Waals surface area contributed by atoms with E-state index in [1.54, 1.807) is 0 Å². The van der Waals surface area contributed by atoms with Crippen LogP contribution in [0.4, 0.5) is 0 Å². The summed E-state index contributed by atoms with van der Waals surface area (Å²) >= 11 is 0. The maximum Gasteiger partial charge on any atom is 0.217 e. The molecule has 2 rings (SSSR count). The molecule has 2 fully saturated rings. The van der Waals surface area contributed by atoms with Crippen molar-refractivity contribution in [2.75, 3.05) is 0 Å². The highest BCUT2D eigenvalue weighted by Gasteiger charge is 2.47. The average Bonchev–Trinajstić information content (AvgIpc) is 1.71. The van der Waals surface area contributed by atoms with Crippen molar-refractivity contribution in [3.05, 3.63) is 0 Å². The molecule has 0 aromatic carbocycles. The van der Waals surface area contributed by atoms with E-state index in [1.165, 1.54) is 32.1 Å². The molecule has 2 nitrogen and oxygen atoms in total. The molecule has 1 spiro atoms. The summed E-state index contributed by atoms with van der Waals surface area (Å²) in [6.45, 7) is 0. The smallest absolute Gasteiger partial charge is 0.217 e. The van der Waals surface area contributed by atoms with Gasteiger partial charge < -0.3 is 5.73 Å². The molecule has 0 radical (unpaired) electrons. The number of amides is 1. The second-order valence-corrected chi connectivity index (χ2v) is 4.30. The van der Waals surface area contributed by atoms with Crippen LogP contribution in [0, 0.1) is 11.3 Å². The van der Waals surface area contributed by atoms with E-state index in [4.69, 9.17) is 5.73 Å². The average molecular weight is 153 g/mol. The Morgan fingerprint density at radius 3 is 2.45 bits per heavy atom. The number of rotatable bonds is 2. The van der Waals surface area contributed by atoms with Gasteiger partial charge in [0.15, 0.2) is 0 Å². The number of carbonyl (C=O) groups excluding carboxylic acids is 1. The Hall–Kier alpha value is -0.530. The standard InChI is InChI=1S/C9H15NO/c10-8(11)4-7-5-9(6-7)2-1-3-9/h7H,1-6H2,(H2,10,11). The Morgan fingerprint density at radius 2 is 2.09 bits per heavy atom. The van der Waals surface area contributed by atoms with E-state index in [9.17, 15) is 4.79 Å². The van der Waals surface area contributed by atoms with E-state index in [1.807, 2.05) is 0 Å². The number of hydrogen-bond donors (Lipinski definition) is 1. The van der Waals surface area contributed by atoms with Crippen LogP contribution in [0.1, 0.15) is 38.5 Å². The first-order valence-corrected chi connectivity index (χ1v) is 4.49. The summed E-state index contributed by atoms with van der Waals surface area (Å²) < 4.78 is 0. The summed E-state index contributed by atoms with van der Waals surface area (Å²) in [7, 11) is 0. The van der Waals surface area contributed by atoms with Gasteiger partial charge in [0.2, 0.25) is 5.91 Å². The predicted octanol–water partition coefficient (Wildman–Crippen LogP) is 1.44. The second kappa shape index (κ2) is 2.23. The lowest BCUT2D eigenvalue weighted by Gasteiger charge is -2.54. The van der Waals surface area contributed by atoms with Crippen molar-refractivity contribution in [2.45, 2.75) is 38.5 Å². The molecule has 2 N–H and O–H groups in total. The van der Waals surface area contributed by atoms with Crippen LogP contribution >= 0.6 is 0 Å².